The van der Waals surface area contributed by atoms with Crippen molar-refractivity contribution in [3.63, 3.8) is 0 Å². The maximum atomic E-state index is 13.9. The van der Waals surface area contributed by atoms with Crippen LogP contribution in [0, 0.1) is 11.7 Å². The first kappa shape index (κ1) is 17.6. The fourth-order valence-electron chi connectivity index (χ4n) is 1.87. The molecule has 1 amide bonds. The third-order valence-electron chi connectivity index (χ3n) is 3.26. The molecule has 1 unspecified atom stereocenters. The maximum absolute atomic E-state index is 13.9. The van der Waals surface area contributed by atoms with Gasteiger partial charge in [-0.15, -0.1) is 0 Å². The van der Waals surface area contributed by atoms with E-state index in [-0.39, 0.29) is 30.6 Å². The van der Waals surface area contributed by atoms with Gasteiger partial charge in [-0.05, 0) is 31.6 Å². The monoisotopic (exact) mass is 296 g/mol. The summed E-state index contributed by atoms with van der Waals surface area (Å²) in [6.07, 6.45) is -0.581. The van der Waals surface area contributed by atoms with Crippen LogP contribution in [-0.2, 0) is 17.9 Å². The van der Waals surface area contributed by atoms with Crippen molar-refractivity contribution in [3.05, 3.63) is 35.1 Å². The smallest absolute Gasteiger partial charge is 0.222 e. The Morgan fingerprint density at radius 1 is 1.38 bits per heavy atom. The third-order valence-corrected chi connectivity index (χ3v) is 3.26. The Balaban J connectivity index is 2.52. The van der Waals surface area contributed by atoms with E-state index in [2.05, 4.69) is 5.32 Å². The fraction of sp³-hybridized carbons (Fsp3) is 0.562. The largest absolute Gasteiger partial charge is 0.392 e. The molecule has 0 fully saturated rings. The SMILES string of the molecule is CC(C)C(O)CC(=O)NCc1ccc(CN(C)C)c(F)c1. The van der Waals surface area contributed by atoms with Crippen molar-refractivity contribution in [2.24, 2.45) is 5.92 Å². The van der Waals surface area contributed by atoms with E-state index in [1.54, 1.807) is 12.1 Å². The number of halogens is 1. The average molecular weight is 296 g/mol. The van der Waals surface area contributed by atoms with Gasteiger partial charge >= 0.3 is 0 Å². The molecule has 0 spiro atoms. The number of hydrogen-bond donors (Lipinski definition) is 2. The molecule has 4 nitrogen and oxygen atoms in total. The van der Waals surface area contributed by atoms with Gasteiger partial charge in [0.05, 0.1) is 12.5 Å². The van der Waals surface area contributed by atoms with Crippen LogP contribution in [-0.4, -0.2) is 36.1 Å². The van der Waals surface area contributed by atoms with E-state index in [9.17, 15) is 14.3 Å². The van der Waals surface area contributed by atoms with E-state index >= 15 is 0 Å². The van der Waals surface area contributed by atoms with E-state index in [1.807, 2.05) is 32.8 Å². The van der Waals surface area contributed by atoms with Crippen LogP contribution in [0.1, 0.15) is 31.4 Å². The average Bonchev–Trinajstić information content (AvgIpc) is 2.38. The number of benzene rings is 1. The molecular weight excluding hydrogens is 271 g/mol. The molecule has 1 rings (SSSR count). The lowest BCUT2D eigenvalue weighted by Gasteiger charge is -2.14. The molecule has 0 aromatic heterocycles. The molecule has 2 N–H and O–H groups in total. The van der Waals surface area contributed by atoms with Crippen molar-refractivity contribution >= 4 is 5.91 Å². The number of nitrogens with zero attached hydrogens (tertiary/aromatic N) is 1. The molecule has 0 heterocycles. The Morgan fingerprint density at radius 2 is 2.05 bits per heavy atom. The molecule has 0 radical (unpaired) electrons. The summed E-state index contributed by atoms with van der Waals surface area (Å²) in [4.78, 5) is 13.6. The zero-order chi connectivity index (χ0) is 16.0. The van der Waals surface area contributed by atoms with Crippen LogP contribution in [0.4, 0.5) is 4.39 Å². The van der Waals surface area contributed by atoms with Gasteiger partial charge in [-0.2, -0.15) is 0 Å². The molecule has 0 saturated heterocycles. The Morgan fingerprint density at radius 3 is 2.57 bits per heavy atom. The van der Waals surface area contributed by atoms with Gasteiger partial charge in [0.1, 0.15) is 5.82 Å². The van der Waals surface area contributed by atoms with E-state index < -0.39 is 6.10 Å². The summed E-state index contributed by atoms with van der Waals surface area (Å²) in [5, 5.41) is 12.3. The molecule has 5 heteroatoms. The topological polar surface area (TPSA) is 52.6 Å². The summed E-state index contributed by atoms with van der Waals surface area (Å²) in [5.74, 6) is -0.454. The summed E-state index contributed by atoms with van der Waals surface area (Å²) >= 11 is 0. The molecule has 1 aromatic carbocycles. The predicted octanol–water partition coefficient (Wildman–Crippen LogP) is 1.91. The molecule has 1 aromatic rings. The van der Waals surface area contributed by atoms with E-state index in [0.29, 0.717) is 17.7 Å². The number of rotatable bonds is 7. The van der Waals surface area contributed by atoms with Crippen LogP contribution in [0.25, 0.3) is 0 Å². The number of hydrogen-bond acceptors (Lipinski definition) is 3. The molecule has 0 saturated carbocycles. The van der Waals surface area contributed by atoms with Crippen molar-refractivity contribution in [1.29, 1.82) is 0 Å². The number of amides is 1. The van der Waals surface area contributed by atoms with Crippen LogP contribution in [0.2, 0.25) is 0 Å². The minimum atomic E-state index is -0.649. The summed E-state index contributed by atoms with van der Waals surface area (Å²) < 4.78 is 13.9. The quantitative estimate of drug-likeness (QED) is 0.808. The van der Waals surface area contributed by atoms with Crippen LogP contribution in [0.5, 0.6) is 0 Å². The Hall–Kier alpha value is -1.46. The van der Waals surface area contributed by atoms with Crippen molar-refractivity contribution in [3.8, 4) is 0 Å². The predicted molar refractivity (Wildman–Crippen MR) is 81.1 cm³/mol. The standard InChI is InChI=1S/C16H25FN2O2/c1-11(2)15(20)8-16(21)18-9-12-5-6-13(10-19(3)4)14(17)7-12/h5-7,11,15,20H,8-10H2,1-4H3,(H,18,21). The Labute approximate surface area is 126 Å². The maximum Gasteiger partial charge on any atom is 0.222 e. The van der Waals surface area contributed by atoms with Gasteiger partial charge in [0, 0.05) is 18.7 Å². The van der Waals surface area contributed by atoms with Crippen LogP contribution in [0.15, 0.2) is 18.2 Å². The minimum absolute atomic E-state index is 0.0403. The highest BCUT2D eigenvalue weighted by atomic mass is 19.1. The zero-order valence-electron chi connectivity index (χ0n) is 13.2. The first-order valence-electron chi connectivity index (χ1n) is 7.16. The highest BCUT2D eigenvalue weighted by Gasteiger charge is 2.14. The van der Waals surface area contributed by atoms with Crippen molar-refractivity contribution in [1.82, 2.24) is 10.2 Å². The molecule has 0 aliphatic heterocycles. The lowest BCUT2D eigenvalue weighted by Crippen LogP contribution is -2.29. The number of carbonyl (C=O) groups excluding carboxylic acids is 1. The molecule has 0 aliphatic rings. The van der Waals surface area contributed by atoms with Crippen molar-refractivity contribution in [2.45, 2.75) is 39.5 Å². The number of carbonyl (C=O) groups is 1. The van der Waals surface area contributed by atoms with E-state index in [0.717, 1.165) is 0 Å². The number of nitrogens with one attached hydrogen (secondary N) is 1. The second kappa shape index (κ2) is 8.10. The number of aliphatic hydroxyl groups excluding tert-OH is 1. The zero-order valence-corrected chi connectivity index (χ0v) is 13.2. The lowest BCUT2D eigenvalue weighted by atomic mass is 10.0. The normalized spacial score (nSPS) is 12.8. The first-order valence-corrected chi connectivity index (χ1v) is 7.16. The Bertz CT molecular complexity index is 475. The minimum Gasteiger partial charge on any atom is -0.392 e. The molecule has 118 valence electrons. The van der Waals surface area contributed by atoms with Gasteiger partial charge in [0.25, 0.3) is 0 Å². The van der Waals surface area contributed by atoms with Gasteiger partial charge in [0.2, 0.25) is 5.91 Å². The summed E-state index contributed by atoms with van der Waals surface area (Å²) in [5.41, 5.74) is 1.34. The molecule has 0 bridgehead atoms. The lowest BCUT2D eigenvalue weighted by molar-refractivity contribution is -0.123. The summed E-state index contributed by atoms with van der Waals surface area (Å²) in [6.45, 7) is 4.52. The molecular formula is C16H25FN2O2. The Kier molecular flexibility index (Phi) is 6.78. The van der Waals surface area contributed by atoms with Crippen molar-refractivity contribution in [2.75, 3.05) is 14.1 Å². The highest BCUT2D eigenvalue weighted by Crippen LogP contribution is 2.12. The van der Waals surface area contributed by atoms with Crippen LogP contribution < -0.4 is 5.32 Å². The molecule has 0 aliphatic carbocycles. The third kappa shape index (κ3) is 6.23. The van der Waals surface area contributed by atoms with Gasteiger partial charge in [-0.25, -0.2) is 4.39 Å². The van der Waals surface area contributed by atoms with Gasteiger partial charge < -0.3 is 15.3 Å². The second-order valence-electron chi connectivity index (χ2n) is 5.96. The first-order chi connectivity index (χ1) is 9.79. The van der Waals surface area contributed by atoms with Crippen molar-refractivity contribution < 1.29 is 14.3 Å². The summed E-state index contributed by atoms with van der Waals surface area (Å²) in [6, 6.07) is 4.98. The van der Waals surface area contributed by atoms with E-state index in [4.69, 9.17) is 0 Å². The summed E-state index contributed by atoms with van der Waals surface area (Å²) in [7, 11) is 3.77. The second-order valence-corrected chi connectivity index (χ2v) is 5.96. The van der Waals surface area contributed by atoms with Gasteiger partial charge in [0.15, 0.2) is 0 Å². The molecule has 21 heavy (non-hydrogen) atoms. The van der Waals surface area contributed by atoms with Crippen LogP contribution in [0.3, 0.4) is 0 Å². The number of aliphatic hydroxyl groups is 1. The molecule has 1 atom stereocenters. The van der Waals surface area contributed by atoms with E-state index in [1.165, 1.54) is 6.07 Å². The highest BCUT2D eigenvalue weighted by molar-refractivity contribution is 5.76. The fourth-order valence-corrected chi connectivity index (χ4v) is 1.87. The van der Waals surface area contributed by atoms with Gasteiger partial charge in [-0.3, -0.25) is 4.79 Å². The van der Waals surface area contributed by atoms with Crippen LogP contribution >= 0.6 is 0 Å². The van der Waals surface area contributed by atoms with Gasteiger partial charge in [-0.1, -0.05) is 26.0 Å².